The van der Waals surface area contributed by atoms with Crippen molar-refractivity contribution >= 4 is 0 Å². The summed E-state index contributed by atoms with van der Waals surface area (Å²) in [5, 5.41) is 13.1. The van der Waals surface area contributed by atoms with Crippen LogP contribution in [0.1, 0.15) is 38.0 Å². The zero-order valence-corrected chi connectivity index (χ0v) is 11.4. The normalized spacial score (nSPS) is 21.4. The van der Waals surface area contributed by atoms with Gasteiger partial charge in [-0.15, -0.1) is 0 Å². The maximum Gasteiger partial charge on any atom is 0.0952 e. The molecule has 0 fully saturated rings. The number of hydrogen-bond donors (Lipinski definition) is 2. The molecule has 3 heteroatoms. The maximum atomic E-state index is 9.70. The van der Waals surface area contributed by atoms with Crippen molar-refractivity contribution in [2.24, 2.45) is 0 Å². The number of benzene rings is 1. The molecule has 0 radical (unpaired) electrons. The summed E-state index contributed by atoms with van der Waals surface area (Å²) in [5.74, 6) is 0. The SMILES string of the molecule is CC(O)C(C)(C)NCC1OCCc2ccccc21. The van der Waals surface area contributed by atoms with E-state index in [-0.39, 0.29) is 11.6 Å². The van der Waals surface area contributed by atoms with Crippen LogP contribution in [-0.2, 0) is 11.2 Å². The molecule has 1 aliphatic heterocycles. The smallest absolute Gasteiger partial charge is 0.0952 e. The standard InChI is InChI=1S/C15H23NO2/c1-11(17)15(2,3)16-10-14-13-7-5-4-6-12(13)8-9-18-14/h4-7,11,14,16-17H,8-10H2,1-3H3. The van der Waals surface area contributed by atoms with Gasteiger partial charge in [-0.25, -0.2) is 0 Å². The molecule has 0 saturated carbocycles. The van der Waals surface area contributed by atoms with E-state index in [0.29, 0.717) is 0 Å². The molecule has 1 aromatic carbocycles. The molecule has 2 N–H and O–H groups in total. The van der Waals surface area contributed by atoms with Gasteiger partial charge < -0.3 is 15.2 Å². The highest BCUT2D eigenvalue weighted by molar-refractivity contribution is 5.31. The summed E-state index contributed by atoms with van der Waals surface area (Å²) in [6, 6.07) is 8.44. The highest BCUT2D eigenvalue weighted by Crippen LogP contribution is 2.26. The minimum Gasteiger partial charge on any atom is -0.392 e. The monoisotopic (exact) mass is 249 g/mol. The molecule has 100 valence electrons. The minimum absolute atomic E-state index is 0.0907. The number of aliphatic hydroxyl groups excluding tert-OH is 1. The zero-order chi connectivity index (χ0) is 13.2. The van der Waals surface area contributed by atoms with E-state index in [1.54, 1.807) is 0 Å². The van der Waals surface area contributed by atoms with Crippen molar-refractivity contribution in [3.05, 3.63) is 35.4 Å². The molecule has 0 aromatic heterocycles. The van der Waals surface area contributed by atoms with Crippen LogP contribution in [0.4, 0.5) is 0 Å². The maximum absolute atomic E-state index is 9.70. The Morgan fingerprint density at radius 1 is 1.44 bits per heavy atom. The molecule has 1 heterocycles. The third kappa shape index (κ3) is 2.91. The Kier molecular flexibility index (Phi) is 4.05. The van der Waals surface area contributed by atoms with Crippen molar-refractivity contribution in [3.8, 4) is 0 Å². The van der Waals surface area contributed by atoms with Gasteiger partial charge in [0.15, 0.2) is 0 Å². The first-order valence-electron chi connectivity index (χ1n) is 6.63. The van der Waals surface area contributed by atoms with Crippen LogP contribution < -0.4 is 5.32 Å². The van der Waals surface area contributed by atoms with Crippen LogP contribution in [0, 0.1) is 0 Å². The second-order valence-electron chi connectivity index (χ2n) is 5.59. The van der Waals surface area contributed by atoms with Crippen molar-refractivity contribution in [1.29, 1.82) is 0 Å². The number of fused-ring (bicyclic) bond motifs is 1. The van der Waals surface area contributed by atoms with Gasteiger partial charge in [0.2, 0.25) is 0 Å². The van der Waals surface area contributed by atoms with Crippen LogP contribution in [0.2, 0.25) is 0 Å². The molecule has 1 aromatic rings. The lowest BCUT2D eigenvalue weighted by Gasteiger charge is -2.33. The van der Waals surface area contributed by atoms with E-state index in [0.717, 1.165) is 19.6 Å². The summed E-state index contributed by atoms with van der Waals surface area (Å²) < 4.78 is 5.84. The highest BCUT2D eigenvalue weighted by atomic mass is 16.5. The predicted molar refractivity (Wildman–Crippen MR) is 72.6 cm³/mol. The van der Waals surface area contributed by atoms with Gasteiger partial charge in [0.25, 0.3) is 0 Å². The van der Waals surface area contributed by atoms with E-state index < -0.39 is 6.10 Å². The molecular formula is C15H23NO2. The highest BCUT2D eigenvalue weighted by Gasteiger charge is 2.27. The number of hydrogen-bond acceptors (Lipinski definition) is 3. The second kappa shape index (κ2) is 5.39. The van der Waals surface area contributed by atoms with Crippen molar-refractivity contribution in [3.63, 3.8) is 0 Å². The number of nitrogens with one attached hydrogen (secondary N) is 1. The Morgan fingerprint density at radius 3 is 2.89 bits per heavy atom. The summed E-state index contributed by atoms with van der Waals surface area (Å²) in [4.78, 5) is 0. The van der Waals surface area contributed by atoms with Crippen molar-refractivity contribution < 1.29 is 9.84 Å². The molecule has 0 spiro atoms. The Labute approximate surface area is 109 Å². The van der Waals surface area contributed by atoms with Gasteiger partial charge in [-0.1, -0.05) is 24.3 Å². The number of rotatable bonds is 4. The molecule has 0 aliphatic carbocycles. The van der Waals surface area contributed by atoms with Gasteiger partial charge in [-0.3, -0.25) is 0 Å². The van der Waals surface area contributed by atoms with Gasteiger partial charge in [0.1, 0.15) is 0 Å². The van der Waals surface area contributed by atoms with Crippen molar-refractivity contribution in [2.45, 2.75) is 44.9 Å². The van der Waals surface area contributed by atoms with Gasteiger partial charge in [-0.05, 0) is 38.3 Å². The van der Waals surface area contributed by atoms with Crippen LogP contribution in [0.3, 0.4) is 0 Å². The van der Waals surface area contributed by atoms with Gasteiger partial charge in [-0.2, -0.15) is 0 Å². The first-order chi connectivity index (χ1) is 8.50. The Morgan fingerprint density at radius 2 is 2.17 bits per heavy atom. The molecule has 2 unspecified atom stereocenters. The van der Waals surface area contributed by atoms with Crippen LogP contribution in [0.25, 0.3) is 0 Å². The lowest BCUT2D eigenvalue weighted by molar-refractivity contribution is 0.0260. The fraction of sp³-hybridized carbons (Fsp3) is 0.600. The summed E-state index contributed by atoms with van der Waals surface area (Å²) >= 11 is 0. The van der Waals surface area contributed by atoms with E-state index in [9.17, 15) is 5.11 Å². The van der Waals surface area contributed by atoms with Crippen LogP contribution in [-0.4, -0.2) is 29.9 Å². The van der Waals surface area contributed by atoms with Crippen molar-refractivity contribution in [2.75, 3.05) is 13.2 Å². The lowest BCUT2D eigenvalue weighted by Crippen LogP contribution is -2.50. The lowest BCUT2D eigenvalue weighted by atomic mass is 9.95. The third-order valence-corrected chi connectivity index (χ3v) is 3.88. The summed E-state index contributed by atoms with van der Waals surface area (Å²) in [7, 11) is 0. The van der Waals surface area contributed by atoms with Gasteiger partial charge in [0, 0.05) is 12.1 Å². The minimum atomic E-state index is -0.392. The fourth-order valence-corrected chi connectivity index (χ4v) is 2.15. The number of ether oxygens (including phenoxy) is 1. The molecule has 2 atom stereocenters. The zero-order valence-electron chi connectivity index (χ0n) is 11.4. The number of aliphatic hydroxyl groups is 1. The quantitative estimate of drug-likeness (QED) is 0.858. The summed E-state index contributed by atoms with van der Waals surface area (Å²) in [5.41, 5.74) is 2.36. The van der Waals surface area contributed by atoms with Crippen LogP contribution >= 0.6 is 0 Å². The van der Waals surface area contributed by atoms with Crippen LogP contribution in [0.15, 0.2) is 24.3 Å². The van der Waals surface area contributed by atoms with E-state index in [1.807, 2.05) is 20.8 Å². The Balaban J connectivity index is 2.04. The third-order valence-electron chi connectivity index (χ3n) is 3.88. The van der Waals surface area contributed by atoms with E-state index >= 15 is 0 Å². The van der Waals surface area contributed by atoms with E-state index in [2.05, 4.69) is 29.6 Å². The first kappa shape index (κ1) is 13.5. The molecule has 0 saturated heterocycles. The average molecular weight is 249 g/mol. The molecule has 2 rings (SSSR count). The molecule has 3 nitrogen and oxygen atoms in total. The molecule has 1 aliphatic rings. The Bertz CT molecular complexity index is 401. The molecule has 0 amide bonds. The fourth-order valence-electron chi connectivity index (χ4n) is 2.15. The molecule has 18 heavy (non-hydrogen) atoms. The Hall–Kier alpha value is -0.900. The summed E-state index contributed by atoms with van der Waals surface area (Å²) in [6.45, 7) is 7.33. The summed E-state index contributed by atoms with van der Waals surface area (Å²) in [6.07, 6.45) is 0.691. The van der Waals surface area contributed by atoms with Crippen LogP contribution in [0.5, 0.6) is 0 Å². The first-order valence-corrected chi connectivity index (χ1v) is 6.63. The van der Waals surface area contributed by atoms with Gasteiger partial charge in [0.05, 0.1) is 18.8 Å². The topological polar surface area (TPSA) is 41.5 Å². The van der Waals surface area contributed by atoms with E-state index in [4.69, 9.17) is 4.74 Å². The van der Waals surface area contributed by atoms with Gasteiger partial charge >= 0.3 is 0 Å². The average Bonchev–Trinajstić information content (AvgIpc) is 2.36. The molecule has 0 bridgehead atoms. The second-order valence-corrected chi connectivity index (χ2v) is 5.59. The van der Waals surface area contributed by atoms with Crippen molar-refractivity contribution in [1.82, 2.24) is 5.32 Å². The van der Waals surface area contributed by atoms with E-state index in [1.165, 1.54) is 11.1 Å². The largest absolute Gasteiger partial charge is 0.392 e. The predicted octanol–water partition coefficient (Wildman–Crippen LogP) is 2.05. The molecular weight excluding hydrogens is 226 g/mol.